The Labute approximate surface area is 228 Å². The normalized spacial score (nSPS) is 12.0. The van der Waals surface area contributed by atoms with E-state index in [4.69, 9.17) is 21.3 Å². The number of aromatic nitrogens is 2. The molecule has 7 heteroatoms. The van der Waals surface area contributed by atoms with Crippen LogP contribution in [0, 0.1) is 0 Å². The summed E-state index contributed by atoms with van der Waals surface area (Å²) in [7, 11) is 1.61. The van der Waals surface area contributed by atoms with E-state index in [9.17, 15) is 9.59 Å². The molecular weight excluding hydrogens is 498 g/mol. The highest BCUT2D eigenvalue weighted by atomic mass is 35.5. The number of hydrogen-bond acceptors (Lipinski definition) is 4. The van der Waals surface area contributed by atoms with Gasteiger partial charge in [-0.05, 0) is 73.9 Å². The van der Waals surface area contributed by atoms with Crippen LogP contribution in [-0.4, -0.2) is 40.6 Å². The van der Waals surface area contributed by atoms with Crippen LogP contribution in [0.4, 0.5) is 0 Å². The number of ether oxygens (including phenoxy) is 1. The van der Waals surface area contributed by atoms with Gasteiger partial charge in [-0.1, -0.05) is 55.6 Å². The number of para-hydroxylation sites is 1. The molecule has 0 saturated heterocycles. The highest BCUT2D eigenvalue weighted by molar-refractivity contribution is 6.30. The standard InChI is InChI=1S/C31H34ClN3O3/c1-4-5-6-9-23-12-14-24(15-13-23)30(36)34(20-21-38-3)22(2)29-33-28-11-8-7-10-27(28)31(37)35(29)26-18-16-25(32)17-19-26/h7-8,10-19,22H,4-6,9,20-21H2,1-3H3. The number of rotatable bonds is 11. The minimum Gasteiger partial charge on any atom is -0.383 e. The highest BCUT2D eigenvalue weighted by Crippen LogP contribution is 2.25. The summed E-state index contributed by atoms with van der Waals surface area (Å²) < 4.78 is 6.92. The minimum atomic E-state index is -0.519. The molecular formula is C31H34ClN3O3. The molecule has 4 rings (SSSR count). The number of carbonyl (C=O) groups excluding carboxylic acids is 1. The molecule has 198 valence electrons. The zero-order valence-electron chi connectivity index (χ0n) is 22.2. The lowest BCUT2D eigenvalue weighted by molar-refractivity contribution is 0.0605. The van der Waals surface area contributed by atoms with Crippen molar-refractivity contribution in [3.8, 4) is 5.69 Å². The van der Waals surface area contributed by atoms with E-state index in [1.165, 1.54) is 18.4 Å². The second-order valence-electron chi connectivity index (χ2n) is 9.43. The minimum absolute atomic E-state index is 0.139. The van der Waals surface area contributed by atoms with Crippen molar-refractivity contribution in [3.63, 3.8) is 0 Å². The summed E-state index contributed by atoms with van der Waals surface area (Å²) in [4.78, 5) is 34.2. The molecule has 0 aliphatic heterocycles. The first-order chi connectivity index (χ1) is 18.4. The van der Waals surface area contributed by atoms with Gasteiger partial charge in [-0.25, -0.2) is 4.98 Å². The summed E-state index contributed by atoms with van der Waals surface area (Å²) >= 11 is 6.13. The van der Waals surface area contributed by atoms with E-state index in [-0.39, 0.29) is 11.5 Å². The predicted molar refractivity (Wildman–Crippen MR) is 153 cm³/mol. The van der Waals surface area contributed by atoms with Crippen LogP contribution in [0.15, 0.2) is 77.6 Å². The smallest absolute Gasteiger partial charge is 0.266 e. The fraction of sp³-hybridized carbons (Fsp3) is 0.323. The van der Waals surface area contributed by atoms with E-state index in [0.29, 0.717) is 46.2 Å². The average Bonchev–Trinajstić information content (AvgIpc) is 2.94. The number of hydrogen-bond donors (Lipinski definition) is 0. The van der Waals surface area contributed by atoms with Crippen LogP contribution in [0.3, 0.4) is 0 Å². The van der Waals surface area contributed by atoms with Crippen LogP contribution < -0.4 is 5.56 Å². The Hall–Kier alpha value is -3.48. The van der Waals surface area contributed by atoms with Crippen LogP contribution in [0.25, 0.3) is 16.6 Å². The Bertz CT molecular complexity index is 1430. The van der Waals surface area contributed by atoms with Crippen molar-refractivity contribution >= 4 is 28.4 Å². The monoisotopic (exact) mass is 531 g/mol. The Morgan fingerprint density at radius 1 is 1.03 bits per heavy atom. The lowest BCUT2D eigenvalue weighted by Crippen LogP contribution is -2.39. The Balaban J connectivity index is 1.76. The molecule has 0 fully saturated rings. The van der Waals surface area contributed by atoms with E-state index < -0.39 is 6.04 Å². The molecule has 0 aliphatic carbocycles. The number of amides is 1. The summed E-state index contributed by atoms with van der Waals surface area (Å²) in [5.74, 6) is 0.330. The molecule has 3 aromatic carbocycles. The maximum Gasteiger partial charge on any atom is 0.266 e. The number of halogens is 1. The zero-order chi connectivity index (χ0) is 27.1. The van der Waals surface area contributed by atoms with E-state index in [2.05, 4.69) is 6.92 Å². The van der Waals surface area contributed by atoms with E-state index >= 15 is 0 Å². The molecule has 0 radical (unpaired) electrons. The van der Waals surface area contributed by atoms with Crippen LogP contribution in [0.1, 0.15) is 60.9 Å². The van der Waals surface area contributed by atoms with Crippen molar-refractivity contribution in [2.24, 2.45) is 0 Å². The summed E-state index contributed by atoms with van der Waals surface area (Å²) in [6.45, 7) is 4.78. The molecule has 6 nitrogen and oxygen atoms in total. The molecule has 0 saturated carbocycles. The fourth-order valence-corrected chi connectivity index (χ4v) is 4.75. The van der Waals surface area contributed by atoms with Crippen LogP contribution in [0.2, 0.25) is 5.02 Å². The number of nitrogens with zero attached hydrogens (tertiary/aromatic N) is 3. The van der Waals surface area contributed by atoms with Gasteiger partial charge in [0, 0.05) is 24.2 Å². The summed E-state index contributed by atoms with van der Waals surface area (Å²) in [5, 5.41) is 1.08. The van der Waals surface area contributed by atoms with Crippen LogP contribution >= 0.6 is 11.6 Å². The van der Waals surface area contributed by atoms with Crippen molar-refractivity contribution in [1.29, 1.82) is 0 Å². The van der Waals surface area contributed by atoms with Crippen molar-refractivity contribution < 1.29 is 9.53 Å². The number of aryl methyl sites for hydroxylation is 1. The average molecular weight is 532 g/mol. The quantitative estimate of drug-likeness (QED) is 0.204. The number of benzene rings is 3. The maximum absolute atomic E-state index is 13.8. The van der Waals surface area contributed by atoms with Gasteiger partial charge in [0.05, 0.1) is 29.2 Å². The molecule has 0 bridgehead atoms. The molecule has 4 aromatic rings. The van der Waals surface area contributed by atoms with Crippen molar-refractivity contribution in [2.75, 3.05) is 20.3 Å². The van der Waals surface area contributed by atoms with E-state index in [0.717, 1.165) is 12.8 Å². The second-order valence-corrected chi connectivity index (χ2v) is 9.86. The first-order valence-corrected chi connectivity index (χ1v) is 13.5. The third kappa shape index (κ3) is 6.14. The number of fused-ring (bicyclic) bond motifs is 1. The molecule has 0 spiro atoms. The third-order valence-corrected chi connectivity index (χ3v) is 7.05. The van der Waals surface area contributed by atoms with Gasteiger partial charge >= 0.3 is 0 Å². The third-order valence-electron chi connectivity index (χ3n) is 6.79. The van der Waals surface area contributed by atoms with E-state index in [1.54, 1.807) is 46.9 Å². The molecule has 0 N–H and O–H groups in total. The number of carbonyl (C=O) groups is 1. The van der Waals surface area contributed by atoms with E-state index in [1.807, 2.05) is 49.4 Å². The van der Waals surface area contributed by atoms with Gasteiger partial charge in [-0.2, -0.15) is 0 Å². The van der Waals surface area contributed by atoms with Crippen LogP contribution in [0.5, 0.6) is 0 Å². The molecule has 0 aliphatic rings. The molecule has 1 amide bonds. The van der Waals surface area contributed by atoms with Gasteiger partial charge in [0.2, 0.25) is 0 Å². The van der Waals surface area contributed by atoms with Gasteiger partial charge in [-0.15, -0.1) is 0 Å². The number of unbranched alkanes of at least 4 members (excludes halogenated alkanes) is 2. The van der Waals surface area contributed by atoms with Crippen LogP contribution in [-0.2, 0) is 11.2 Å². The Kier molecular flexibility index (Phi) is 9.32. The van der Waals surface area contributed by atoms with Gasteiger partial charge < -0.3 is 9.64 Å². The van der Waals surface area contributed by atoms with Gasteiger partial charge in [0.15, 0.2) is 0 Å². The first kappa shape index (κ1) is 27.6. The largest absolute Gasteiger partial charge is 0.383 e. The second kappa shape index (κ2) is 12.9. The maximum atomic E-state index is 13.8. The molecule has 1 atom stereocenters. The highest BCUT2D eigenvalue weighted by Gasteiger charge is 2.27. The molecule has 1 heterocycles. The van der Waals surface area contributed by atoms with Crippen molar-refractivity contribution in [1.82, 2.24) is 14.5 Å². The summed E-state index contributed by atoms with van der Waals surface area (Å²) in [6, 6.07) is 21.6. The predicted octanol–water partition coefficient (Wildman–Crippen LogP) is 6.62. The first-order valence-electron chi connectivity index (χ1n) is 13.1. The van der Waals surface area contributed by atoms with Crippen molar-refractivity contribution in [3.05, 3.63) is 105 Å². The Morgan fingerprint density at radius 3 is 2.42 bits per heavy atom. The SMILES string of the molecule is CCCCCc1ccc(C(=O)N(CCOC)C(C)c2nc3ccccc3c(=O)n2-c2ccc(Cl)cc2)cc1. The topological polar surface area (TPSA) is 64.4 Å². The van der Waals surface area contributed by atoms with Gasteiger partial charge in [0.1, 0.15) is 5.82 Å². The van der Waals surface area contributed by atoms with Gasteiger partial charge in [-0.3, -0.25) is 14.2 Å². The molecule has 38 heavy (non-hydrogen) atoms. The fourth-order valence-electron chi connectivity index (χ4n) is 4.63. The van der Waals surface area contributed by atoms with Gasteiger partial charge in [0.25, 0.3) is 11.5 Å². The lowest BCUT2D eigenvalue weighted by atomic mass is 10.0. The summed E-state index contributed by atoms with van der Waals surface area (Å²) in [6.07, 6.45) is 4.50. The molecule has 1 unspecified atom stereocenters. The Morgan fingerprint density at radius 2 is 1.74 bits per heavy atom. The molecule has 1 aromatic heterocycles. The van der Waals surface area contributed by atoms with Crippen molar-refractivity contribution in [2.45, 2.75) is 45.6 Å². The summed E-state index contributed by atoms with van der Waals surface area (Å²) in [5.41, 5.74) is 2.83. The zero-order valence-corrected chi connectivity index (χ0v) is 22.9. The number of methoxy groups -OCH3 is 1. The lowest BCUT2D eigenvalue weighted by Gasteiger charge is -2.30.